The Balaban J connectivity index is 1.64. The van der Waals surface area contributed by atoms with E-state index in [1.54, 1.807) is 6.33 Å². The molecule has 0 aliphatic heterocycles. The summed E-state index contributed by atoms with van der Waals surface area (Å²) in [7, 11) is 0. The minimum atomic E-state index is 0.815. The first-order valence-corrected chi connectivity index (χ1v) is 7.14. The van der Waals surface area contributed by atoms with Gasteiger partial charge in [0.2, 0.25) is 0 Å². The number of aromatic nitrogens is 2. The van der Waals surface area contributed by atoms with Gasteiger partial charge in [-0.2, -0.15) is 0 Å². The minimum Gasteiger partial charge on any atom is -0.493 e. The topological polar surface area (TPSA) is 37.9 Å². The number of nitrogens with zero attached hydrogens (tertiary/aromatic N) is 1. The zero-order valence-corrected chi connectivity index (χ0v) is 11.1. The fraction of sp³-hybridized carbons (Fsp3) is 0.438. The van der Waals surface area contributed by atoms with Crippen molar-refractivity contribution in [3.8, 4) is 17.0 Å². The zero-order chi connectivity index (χ0) is 12.9. The number of para-hydroxylation sites is 1. The maximum Gasteiger partial charge on any atom is 0.128 e. The van der Waals surface area contributed by atoms with Crippen LogP contribution in [0.3, 0.4) is 0 Å². The number of ether oxygens (including phenoxy) is 1. The molecule has 0 atom stereocenters. The average Bonchev–Trinajstić information content (AvgIpc) is 3.12. The minimum absolute atomic E-state index is 0.815. The molecule has 1 aliphatic carbocycles. The Morgan fingerprint density at radius 3 is 2.84 bits per heavy atom. The third-order valence-electron chi connectivity index (χ3n) is 3.93. The van der Waals surface area contributed by atoms with Gasteiger partial charge in [-0.3, -0.25) is 0 Å². The van der Waals surface area contributed by atoms with Crippen molar-refractivity contribution < 1.29 is 4.74 Å². The van der Waals surface area contributed by atoms with Crippen molar-refractivity contribution in [2.45, 2.75) is 32.1 Å². The molecule has 0 bridgehead atoms. The van der Waals surface area contributed by atoms with E-state index in [1.165, 1.54) is 32.1 Å². The number of rotatable bonds is 5. The average molecular weight is 256 g/mol. The van der Waals surface area contributed by atoms with Crippen LogP contribution in [-0.4, -0.2) is 16.6 Å². The Hall–Kier alpha value is -1.77. The van der Waals surface area contributed by atoms with Crippen LogP contribution in [0.15, 0.2) is 36.8 Å². The van der Waals surface area contributed by atoms with Crippen molar-refractivity contribution >= 4 is 0 Å². The number of H-pyrrole nitrogens is 1. The second-order valence-electron chi connectivity index (χ2n) is 5.25. The molecule has 0 saturated heterocycles. The fourth-order valence-corrected chi connectivity index (χ4v) is 2.85. The Morgan fingerprint density at radius 2 is 2.05 bits per heavy atom. The maximum atomic E-state index is 5.98. The summed E-state index contributed by atoms with van der Waals surface area (Å²) >= 11 is 0. The van der Waals surface area contributed by atoms with Crippen LogP contribution in [-0.2, 0) is 0 Å². The molecule has 1 heterocycles. The smallest absolute Gasteiger partial charge is 0.128 e. The molecular formula is C16H20N2O. The normalized spacial score (nSPS) is 15.8. The highest BCUT2D eigenvalue weighted by Crippen LogP contribution is 2.30. The van der Waals surface area contributed by atoms with Crippen molar-refractivity contribution in [3.05, 3.63) is 36.8 Å². The molecule has 1 N–H and O–H groups in total. The van der Waals surface area contributed by atoms with E-state index < -0.39 is 0 Å². The Kier molecular flexibility index (Phi) is 3.82. The van der Waals surface area contributed by atoms with E-state index >= 15 is 0 Å². The summed E-state index contributed by atoms with van der Waals surface area (Å²) in [6.07, 6.45) is 10.3. The van der Waals surface area contributed by atoms with Gasteiger partial charge in [0.1, 0.15) is 5.75 Å². The van der Waals surface area contributed by atoms with Crippen LogP contribution < -0.4 is 4.74 Å². The molecule has 1 fully saturated rings. The Labute approximate surface area is 114 Å². The lowest BCUT2D eigenvalue weighted by Gasteiger charge is -2.13. The Morgan fingerprint density at radius 1 is 1.21 bits per heavy atom. The second kappa shape index (κ2) is 5.91. The standard InChI is InChI=1S/C16H20N2O/c1-2-6-13(5-1)9-10-19-16-8-4-3-7-14(16)15-11-17-12-18-15/h3-4,7-8,11-13H,1-2,5-6,9-10H2,(H,17,18). The molecule has 2 aromatic rings. The van der Waals surface area contributed by atoms with Gasteiger partial charge in [-0.1, -0.05) is 37.8 Å². The monoisotopic (exact) mass is 256 g/mol. The second-order valence-corrected chi connectivity index (χ2v) is 5.25. The first kappa shape index (κ1) is 12.3. The molecule has 0 spiro atoms. The molecule has 0 amide bonds. The third-order valence-corrected chi connectivity index (χ3v) is 3.93. The van der Waals surface area contributed by atoms with Gasteiger partial charge in [-0.25, -0.2) is 4.98 Å². The van der Waals surface area contributed by atoms with E-state index in [1.807, 2.05) is 24.4 Å². The van der Waals surface area contributed by atoms with E-state index in [9.17, 15) is 0 Å². The molecule has 0 unspecified atom stereocenters. The lowest BCUT2D eigenvalue weighted by Crippen LogP contribution is -2.04. The van der Waals surface area contributed by atoms with Crippen LogP contribution in [0.2, 0.25) is 0 Å². The molecule has 0 radical (unpaired) electrons. The molecule has 1 aromatic carbocycles. The predicted molar refractivity (Wildman–Crippen MR) is 76.1 cm³/mol. The molecule has 19 heavy (non-hydrogen) atoms. The van der Waals surface area contributed by atoms with Gasteiger partial charge in [-0.15, -0.1) is 0 Å². The first-order valence-electron chi connectivity index (χ1n) is 7.14. The van der Waals surface area contributed by atoms with Crippen LogP contribution in [0.5, 0.6) is 5.75 Å². The highest BCUT2D eigenvalue weighted by Gasteiger charge is 2.15. The van der Waals surface area contributed by atoms with Crippen molar-refractivity contribution in [1.29, 1.82) is 0 Å². The van der Waals surface area contributed by atoms with E-state index in [2.05, 4.69) is 16.0 Å². The van der Waals surface area contributed by atoms with E-state index in [-0.39, 0.29) is 0 Å². The van der Waals surface area contributed by atoms with Gasteiger partial charge < -0.3 is 9.72 Å². The maximum absolute atomic E-state index is 5.98. The Bertz CT molecular complexity index is 501. The van der Waals surface area contributed by atoms with Crippen LogP contribution in [0, 0.1) is 5.92 Å². The van der Waals surface area contributed by atoms with Crippen molar-refractivity contribution in [3.63, 3.8) is 0 Å². The molecule has 1 saturated carbocycles. The highest BCUT2D eigenvalue weighted by molar-refractivity contribution is 5.66. The largest absolute Gasteiger partial charge is 0.493 e. The summed E-state index contributed by atoms with van der Waals surface area (Å²) in [5, 5.41) is 0. The number of aromatic amines is 1. The summed E-state index contributed by atoms with van der Waals surface area (Å²) < 4.78 is 5.98. The summed E-state index contributed by atoms with van der Waals surface area (Å²) in [6.45, 7) is 0.815. The predicted octanol–water partition coefficient (Wildman–Crippen LogP) is 4.04. The van der Waals surface area contributed by atoms with Crippen LogP contribution in [0.25, 0.3) is 11.3 Å². The lowest BCUT2D eigenvalue weighted by atomic mass is 10.1. The quantitative estimate of drug-likeness (QED) is 0.876. The number of nitrogens with one attached hydrogen (secondary N) is 1. The molecule has 3 rings (SSSR count). The highest BCUT2D eigenvalue weighted by atomic mass is 16.5. The van der Waals surface area contributed by atoms with Gasteiger partial charge in [0.25, 0.3) is 0 Å². The number of hydrogen-bond acceptors (Lipinski definition) is 2. The third kappa shape index (κ3) is 2.98. The molecule has 100 valence electrons. The van der Waals surface area contributed by atoms with Crippen LogP contribution >= 0.6 is 0 Å². The first-order chi connectivity index (χ1) is 9.43. The summed E-state index contributed by atoms with van der Waals surface area (Å²) in [5.74, 6) is 1.82. The molecular weight excluding hydrogens is 236 g/mol. The van der Waals surface area contributed by atoms with E-state index in [4.69, 9.17) is 4.74 Å². The zero-order valence-electron chi connectivity index (χ0n) is 11.1. The van der Waals surface area contributed by atoms with Gasteiger partial charge >= 0.3 is 0 Å². The molecule has 3 nitrogen and oxygen atoms in total. The van der Waals surface area contributed by atoms with Crippen molar-refractivity contribution in [2.75, 3.05) is 6.61 Å². The van der Waals surface area contributed by atoms with Crippen LogP contribution in [0.1, 0.15) is 32.1 Å². The molecule has 1 aromatic heterocycles. The summed E-state index contributed by atoms with van der Waals surface area (Å²) in [4.78, 5) is 7.21. The number of hydrogen-bond donors (Lipinski definition) is 1. The van der Waals surface area contributed by atoms with Crippen molar-refractivity contribution in [1.82, 2.24) is 9.97 Å². The summed E-state index contributed by atoms with van der Waals surface area (Å²) in [5.41, 5.74) is 2.10. The number of imidazole rings is 1. The van der Waals surface area contributed by atoms with Crippen molar-refractivity contribution in [2.24, 2.45) is 5.92 Å². The van der Waals surface area contributed by atoms with E-state index in [0.29, 0.717) is 0 Å². The van der Waals surface area contributed by atoms with Gasteiger partial charge in [0.05, 0.1) is 24.8 Å². The van der Waals surface area contributed by atoms with E-state index in [0.717, 1.165) is 29.5 Å². The lowest BCUT2D eigenvalue weighted by molar-refractivity contribution is 0.280. The van der Waals surface area contributed by atoms with Gasteiger partial charge in [-0.05, 0) is 24.5 Å². The van der Waals surface area contributed by atoms with Gasteiger partial charge in [0, 0.05) is 5.56 Å². The molecule has 1 aliphatic rings. The number of benzene rings is 1. The fourth-order valence-electron chi connectivity index (χ4n) is 2.85. The van der Waals surface area contributed by atoms with Gasteiger partial charge in [0.15, 0.2) is 0 Å². The SMILES string of the molecule is c1ccc(-c2cnc[nH]2)c(OCCC2CCCC2)c1. The molecule has 3 heteroatoms. The summed E-state index contributed by atoms with van der Waals surface area (Å²) in [6, 6.07) is 8.15. The van der Waals surface area contributed by atoms with Crippen LogP contribution in [0.4, 0.5) is 0 Å².